The molecular weight excluding hydrogens is 262 g/mol. The van der Waals surface area contributed by atoms with E-state index < -0.39 is 0 Å². The number of hydrogen-bond donors (Lipinski definition) is 0. The van der Waals surface area contributed by atoms with Crippen LogP contribution in [0.5, 0.6) is 5.75 Å². The number of hydrogen-bond acceptors (Lipinski definition) is 3. The molecule has 0 unspecified atom stereocenters. The number of nitrogens with zero attached hydrogens (tertiary/aromatic N) is 1. The summed E-state index contributed by atoms with van der Waals surface area (Å²) in [5.74, 6) is 1.29. The standard InChI is InChI=1S/C18H27NO2/c1-3-19(4-2)16-11-8-12-17(13-16)21-14-18(20)15-9-6-5-7-10-15/h8,11-13,15H,3-7,9-10,14H2,1-2H3. The summed E-state index contributed by atoms with van der Waals surface area (Å²) in [6.07, 6.45) is 5.74. The molecule has 0 heterocycles. The van der Waals surface area contributed by atoms with Gasteiger partial charge >= 0.3 is 0 Å². The van der Waals surface area contributed by atoms with Crippen molar-refractivity contribution in [3.63, 3.8) is 0 Å². The third-order valence-electron chi connectivity index (χ3n) is 4.39. The highest BCUT2D eigenvalue weighted by Crippen LogP contribution is 2.25. The van der Waals surface area contributed by atoms with Gasteiger partial charge in [-0.2, -0.15) is 0 Å². The molecule has 21 heavy (non-hydrogen) atoms. The Hall–Kier alpha value is -1.51. The normalized spacial score (nSPS) is 15.7. The number of rotatable bonds is 7. The Labute approximate surface area is 128 Å². The predicted molar refractivity (Wildman–Crippen MR) is 87.1 cm³/mol. The first-order valence-electron chi connectivity index (χ1n) is 8.25. The molecule has 0 N–H and O–H groups in total. The fourth-order valence-electron chi connectivity index (χ4n) is 3.06. The molecule has 0 saturated heterocycles. The minimum atomic E-state index is 0.215. The van der Waals surface area contributed by atoms with E-state index in [0.717, 1.165) is 37.4 Å². The first-order chi connectivity index (χ1) is 10.2. The second kappa shape index (κ2) is 8.06. The van der Waals surface area contributed by atoms with E-state index in [0.29, 0.717) is 0 Å². The molecule has 2 rings (SSSR count). The minimum Gasteiger partial charge on any atom is -0.486 e. The average Bonchev–Trinajstić information content (AvgIpc) is 2.55. The lowest BCUT2D eigenvalue weighted by atomic mass is 9.86. The number of carbonyl (C=O) groups excluding carboxylic acids is 1. The molecule has 1 aliphatic rings. The molecule has 0 spiro atoms. The van der Waals surface area contributed by atoms with Gasteiger partial charge in [0.1, 0.15) is 12.4 Å². The van der Waals surface area contributed by atoms with Crippen LogP contribution in [0.3, 0.4) is 0 Å². The van der Waals surface area contributed by atoms with Gasteiger partial charge in [-0.3, -0.25) is 4.79 Å². The van der Waals surface area contributed by atoms with E-state index >= 15 is 0 Å². The molecule has 1 aliphatic carbocycles. The maximum Gasteiger partial charge on any atom is 0.173 e. The highest BCUT2D eigenvalue weighted by Gasteiger charge is 2.21. The molecule has 0 atom stereocenters. The molecule has 3 nitrogen and oxygen atoms in total. The second-order valence-electron chi connectivity index (χ2n) is 5.76. The van der Waals surface area contributed by atoms with Crippen molar-refractivity contribution in [3.8, 4) is 5.75 Å². The maximum atomic E-state index is 12.2. The zero-order valence-corrected chi connectivity index (χ0v) is 13.3. The Balaban J connectivity index is 1.90. The van der Waals surface area contributed by atoms with Crippen molar-refractivity contribution in [3.05, 3.63) is 24.3 Å². The molecule has 1 fully saturated rings. The Morgan fingerprint density at radius 1 is 1.19 bits per heavy atom. The summed E-state index contributed by atoms with van der Waals surface area (Å²) in [6, 6.07) is 8.04. The largest absolute Gasteiger partial charge is 0.486 e. The molecule has 0 bridgehead atoms. The number of ether oxygens (including phenoxy) is 1. The molecule has 0 aliphatic heterocycles. The van der Waals surface area contributed by atoms with Crippen molar-refractivity contribution >= 4 is 11.5 Å². The van der Waals surface area contributed by atoms with E-state index in [-0.39, 0.29) is 18.3 Å². The molecule has 0 aromatic heterocycles. The Kier molecular flexibility index (Phi) is 6.09. The monoisotopic (exact) mass is 289 g/mol. The maximum absolute atomic E-state index is 12.2. The van der Waals surface area contributed by atoms with Crippen LogP contribution in [0.15, 0.2) is 24.3 Å². The number of ketones is 1. The van der Waals surface area contributed by atoms with Crippen LogP contribution in [-0.4, -0.2) is 25.5 Å². The van der Waals surface area contributed by atoms with Gasteiger partial charge in [-0.05, 0) is 38.8 Å². The average molecular weight is 289 g/mol. The van der Waals surface area contributed by atoms with Crippen LogP contribution in [0.2, 0.25) is 0 Å². The van der Waals surface area contributed by atoms with Crippen LogP contribution in [0.25, 0.3) is 0 Å². The third-order valence-corrected chi connectivity index (χ3v) is 4.39. The van der Waals surface area contributed by atoms with Crippen LogP contribution < -0.4 is 9.64 Å². The molecule has 3 heteroatoms. The predicted octanol–water partition coefficient (Wildman–Crippen LogP) is 4.06. The fraction of sp³-hybridized carbons (Fsp3) is 0.611. The van der Waals surface area contributed by atoms with Gasteiger partial charge in [-0.1, -0.05) is 25.3 Å². The third kappa shape index (κ3) is 4.48. The van der Waals surface area contributed by atoms with E-state index in [9.17, 15) is 4.79 Å². The van der Waals surface area contributed by atoms with Crippen molar-refractivity contribution in [1.82, 2.24) is 0 Å². The van der Waals surface area contributed by atoms with E-state index in [1.54, 1.807) is 0 Å². The van der Waals surface area contributed by atoms with Crippen LogP contribution in [0, 0.1) is 5.92 Å². The van der Waals surface area contributed by atoms with Crippen molar-refractivity contribution in [2.45, 2.75) is 46.0 Å². The van der Waals surface area contributed by atoms with Gasteiger partial charge in [0.25, 0.3) is 0 Å². The molecule has 0 amide bonds. The summed E-state index contributed by atoms with van der Waals surface area (Å²) in [6.45, 7) is 6.45. The van der Waals surface area contributed by atoms with Gasteiger partial charge < -0.3 is 9.64 Å². The van der Waals surface area contributed by atoms with Crippen molar-refractivity contribution in [1.29, 1.82) is 0 Å². The van der Waals surface area contributed by atoms with Gasteiger partial charge in [-0.15, -0.1) is 0 Å². The zero-order chi connectivity index (χ0) is 15.1. The van der Waals surface area contributed by atoms with Gasteiger partial charge in [0.2, 0.25) is 0 Å². The second-order valence-corrected chi connectivity index (χ2v) is 5.76. The highest BCUT2D eigenvalue weighted by molar-refractivity contribution is 5.82. The summed E-state index contributed by atoms with van der Waals surface area (Å²) in [5.41, 5.74) is 1.16. The lowest BCUT2D eigenvalue weighted by Gasteiger charge is -2.22. The summed E-state index contributed by atoms with van der Waals surface area (Å²) in [4.78, 5) is 14.4. The molecule has 1 saturated carbocycles. The molecule has 116 valence electrons. The molecule has 1 aromatic rings. The first-order valence-corrected chi connectivity index (χ1v) is 8.25. The van der Waals surface area contributed by atoms with Gasteiger partial charge in [0.05, 0.1) is 0 Å². The summed E-state index contributed by atoms with van der Waals surface area (Å²) >= 11 is 0. The highest BCUT2D eigenvalue weighted by atomic mass is 16.5. The van der Waals surface area contributed by atoms with Crippen LogP contribution in [0.4, 0.5) is 5.69 Å². The van der Waals surface area contributed by atoms with Crippen molar-refractivity contribution in [2.75, 3.05) is 24.6 Å². The summed E-state index contributed by atoms with van der Waals surface area (Å²) in [5, 5.41) is 0. The Bertz CT molecular complexity index is 448. The molecule has 0 radical (unpaired) electrons. The minimum absolute atomic E-state index is 0.215. The van der Waals surface area contributed by atoms with Gasteiger partial charge in [0, 0.05) is 30.8 Å². The molecule has 1 aromatic carbocycles. The SMILES string of the molecule is CCN(CC)c1cccc(OCC(=O)C2CCCCC2)c1. The van der Waals surface area contributed by atoms with Crippen LogP contribution in [0.1, 0.15) is 46.0 Å². The van der Waals surface area contributed by atoms with Crippen molar-refractivity contribution in [2.24, 2.45) is 5.92 Å². The first kappa shape index (κ1) is 15.9. The molecular formula is C18H27NO2. The zero-order valence-electron chi connectivity index (χ0n) is 13.3. The van der Waals surface area contributed by atoms with E-state index in [4.69, 9.17) is 4.74 Å². The lowest BCUT2D eigenvalue weighted by molar-refractivity contribution is -0.125. The van der Waals surface area contributed by atoms with Gasteiger partial charge in [0.15, 0.2) is 5.78 Å². The number of anilines is 1. The lowest BCUT2D eigenvalue weighted by Crippen LogP contribution is -2.24. The quantitative estimate of drug-likeness (QED) is 0.758. The Morgan fingerprint density at radius 2 is 1.90 bits per heavy atom. The van der Waals surface area contributed by atoms with Crippen LogP contribution >= 0.6 is 0 Å². The van der Waals surface area contributed by atoms with Gasteiger partial charge in [-0.25, -0.2) is 0 Å². The summed E-state index contributed by atoms with van der Waals surface area (Å²) < 4.78 is 5.72. The van der Waals surface area contributed by atoms with Crippen LogP contribution in [-0.2, 0) is 4.79 Å². The topological polar surface area (TPSA) is 29.5 Å². The Morgan fingerprint density at radius 3 is 2.57 bits per heavy atom. The van der Waals surface area contributed by atoms with E-state index in [2.05, 4.69) is 24.8 Å². The number of carbonyl (C=O) groups is 1. The summed E-state index contributed by atoms with van der Waals surface area (Å²) in [7, 11) is 0. The fourth-order valence-corrected chi connectivity index (χ4v) is 3.06. The number of Topliss-reactive ketones (excluding diaryl/α,β-unsaturated/α-hetero) is 1. The van der Waals surface area contributed by atoms with Crippen molar-refractivity contribution < 1.29 is 9.53 Å². The number of benzene rings is 1. The smallest absolute Gasteiger partial charge is 0.173 e. The van der Waals surface area contributed by atoms with E-state index in [1.807, 2.05) is 18.2 Å². The van der Waals surface area contributed by atoms with E-state index in [1.165, 1.54) is 19.3 Å².